The minimum atomic E-state index is -0.332. The third-order valence-corrected chi connectivity index (χ3v) is 4.93. The molecule has 0 unspecified atom stereocenters. The lowest BCUT2D eigenvalue weighted by Crippen LogP contribution is -2.55. The monoisotopic (exact) mass is 370 g/mol. The van der Waals surface area contributed by atoms with E-state index < -0.39 is 0 Å². The Morgan fingerprint density at radius 2 is 1.89 bits per heavy atom. The van der Waals surface area contributed by atoms with E-state index in [1.54, 1.807) is 17.2 Å². The summed E-state index contributed by atoms with van der Waals surface area (Å²) in [6, 6.07) is 10.8. The van der Waals surface area contributed by atoms with E-state index in [-0.39, 0.29) is 23.3 Å². The molecular formula is C21H27FN4O. The van der Waals surface area contributed by atoms with Crippen molar-refractivity contribution in [2.24, 2.45) is 0 Å². The molecule has 2 amide bonds. The number of hydrogen-bond donors (Lipinski definition) is 1. The molecule has 1 aromatic carbocycles. The Hall–Kier alpha value is -2.63. The molecule has 1 fully saturated rings. The summed E-state index contributed by atoms with van der Waals surface area (Å²) in [5.74, 6) is 0.0173. The molecule has 1 aliphatic rings. The Bertz CT molecular complexity index is 801. The molecule has 3 rings (SSSR count). The number of rotatable bonds is 2. The maximum absolute atomic E-state index is 14.0. The maximum atomic E-state index is 14.0. The van der Waals surface area contributed by atoms with Crippen LogP contribution in [0.2, 0.25) is 0 Å². The van der Waals surface area contributed by atoms with Crippen LogP contribution in [0.15, 0.2) is 42.6 Å². The van der Waals surface area contributed by atoms with Crippen molar-refractivity contribution in [2.75, 3.05) is 29.9 Å². The van der Waals surface area contributed by atoms with E-state index in [0.717, 1.165) is 5.69 Å². The molecule has 6 heteroatoms. The summed E-state index contributed by atoms with van der Waals surface area (Å²) in [7, 11) is 0. The van der Waals surface area contributed by atoms with Crippen molar-refractivity contribution in [3.05, 3.63) is 54.0 Å². The van der Waals surface area contributed by atoms with Crippen LogP contribution in [0.1, 0.15) is 33.3 Å². The number of carbonyl (C=O) groups excluding carboxylic acids is 1. The summed E-state index contributed by atoms with van der Waals surface area (Å²) < 4.78 is 14.0. The Morgan fingerprint density at radius 3 is 2.48 bits per heavy atom. The number of anilines is 2. The third kappa shape index (κ3) is 4.38. The summed E-state index contributed by atoms with van der Waals surface area (Å²) >= 11 is 0. The summed E-state index contributed by atoms with van der Waals surface area (Å²) in [4.78, 5) is 20.5. The maximum Gasteiger partial charge on any atom is 0.322 e. The zero-order valence-electron chi connectivity index (χ0n) is 16.4. The molecule has 1 N–H and O–H groups in total. The Labute approximate surface area is 160 Å². The lowest BCUT2D eigenvalue weighted by molar-refractivity contribution is 0.184. The van der Waals surface area contributed by atoms with Crippen LogP contribution in [-0.2, 0) is 5.41 Å². The van der Waals surface area contributed by atoms with E-state index in [1.165, 1.54) is 11.6 Å². The molecule has 2 aromatic rings. The second kappa shape index (κ2) is 7.55. The normalized spacial score (nSPS) is 17.7. The number of aromatic nitrogens is 1. The Kier molecular flexibility index (Phi) is 5.35. The number of nitrogens with one attached hydrogen (secondary N) is 1. The van der Waals surface area contributed by atoms with Crippen LogP contribution in [0.5, 0.6) is 0 Å². The first-order valence-corrected chi connectivity index (χ1v) is 9.29. The van der Waals surface area contributed by atoms with E-state index in [0.29, 0.717) is 25.5 Å². The van der Waals surface area contributed by atoms with Crippen molar-refractivity contribution < 1.29 is 9.18 Å². The molecule has 1 atom stereocenters. The van der Waals surface area contributed by atoms with Gasteiger partial charge < -0.3 is 15.1 Å². The molecule has 5 nitrogen and oxygen atoms in total. The van der Waals surface area contributed by atoms with Gasteiger partial charge in [0.25, 0.3) is 0 Å². The fourth-order valence-electron chi connectivity index (χ4n) is 3.31. The number of benzene rings is 1. The molecule has 2 heterocycles. The quantitative estimate of drug-likeness (QED) is 0.859. The van der Waals surface area contributed by atoms with E-state index >= 15 is 0 Å². The van der Waals surface area contributed by atoms with Gasteiger partial charge in [-0.1, -0.05) is 32.9 Å². The van der Waals surface area contributed by atoms with Crippen LogP contribution in [-0.4, -0.2) is 41.6 Å². The van der Waals surface area contributed by atoms with Crippen LogP contribution >= 0.6 is 0 Å². The lowest BCUT2D eigenvalue weighted by atomic mass is 9.87. The first kappa shape index (κ1) is 19.1. The number of nitrogens with zero attached hydrogens (tertiary/aromatic N) is 3. The summed E-state index contributed by atoms with van der Waals surface area (Å²) in [6.07, 6.45) is 1.59. The number of amides is 2. The molecule has 1 saturated heterocycles. The van der Waals surface area contributed by atoms with Gasteiger partial charge >= 0.3 is 6.03 Å². The van der Waals surface area contributed by atoms with Crippen molar-refractivity contribution >= 4 is 17.5 Å². The van der Waals surface area contributed by atoms with Crippen molar-refractivity contribution in [3.63, 3.8) is 0 Å². The summed E-state index contributed by atoms with van der Waals surface area (Å²) in [5, 5.41) is 2.97. The fourth-order valence-corrected chi connectivity index (χ4v) is 3.31. The molecule has 0 spiro atoms. The van der Waals surface area contributed by atoms with Crippen LogP contribution < -0.4 is 10.2 Å². The Morgan fingerprint density at radius 1 is 1.19 bits per heavy atom. The van der Waals surface area contributed by atoms with Crippen LogP contribution in [0.25, 0.3) is 0 Å². The van der Waals surface area contributed by atoms with E-state index in [9.17, 15) is 9.18 Å². The van der Waals surface area contributed by atoms with Gasteiger partial charge in [-0.15, -0.1) is 0 Å². The second-order valence-electron chi connectivity index (χ2n) is 8.05. The van der Waals surface area contributed by atoms with Gasteiger partial charge in [-0.25, -0.2) is 14.2 Å². The summed E-state index contributed by atoms with van der Waals surface area (Å²) in [5.41, 5.74) is 2.08. The minimum absolute atomic E-state index is 0.0472. The fraction of sp³-hybridized carbons (Fsp3) is 0.429. The largest absolute Gasteiger partial charge is 0.350 e. The molecular weight excluding hydrogens is 343 g/mol. The van der Waals surface area contributed by atoms with Gasteiger partial charge in [0, 0.05) is 37.6 Å². The van der Waals surface area contributed by atoms with Crippen molar-refractivity contribution in [1.29, 1.82) is 0 Å². The SMILES string of the molecule is C[C@@H]1CN(c2ncccc2F)CCN1C(=O)Nc1ccc(C(C)(C)C)cc1. The van der Waals surface area contributed by atoms with E-state index in [2.05, 4.69) is 31.1 Å². The average molecular weight is 370 g/mol. The smallest absolute Gasteiger partial charge is 0.322 e. The predicted octanol–water partition coefficient (Wildman–Crippen LogP) is 4.26. The lowest BCUT2D eigenvalue weighted by Gasteiger charge is -2.40. The molecule has 0 bridgehead atoms. The van der Waals surface area contributed by atoms with Gasteiger partial charge in [0.05, 0.1) is 0 Å². The highest BCUT2D eigenvalue weighted by Gasteiger charge is 2.29. The van der Waals surface area contributed by atoms with Crippen molar-refractivity contribution in [1.82, 2.24) is 9.88 Å². The zero-order chi connectivity index (χ0) is 19.6. The van der Waals surface area contributed by atoms with Gasteiger partial charge in [-0.3, -0.25) is 0 Å². The first-order chi connectivity index (χ1) is 12.8. The number of hydrogen-bond acceptors (Lipinski definition) is 3. The molecule has 144 valence electrons. The predicted molar refractivity (Wildman–Crippen MR) is 107 cm³/mol. The van der Waals surface area contributed by atoms with Gasteiger partial charge in [0.15, 0.2) is 11.6 Å². The van der Waals surface area contributed by atoms with Gasteiger partial charge in [0.2, 0.25) is 0 Å². The van der Waals surface area contributed by atoms with Crippen LogP contribution in [0, 0.1) is 5.82 Å². The highest BCUT2D eigenvalue weighted by atomic mass is 19.1. The molecule has 0 radical (unpaired) electrons. The molecule has 1 aromatic heterocycles. The highest BCUT2D eigenvalue weighted by molar-refractivity contribution is 5.89. The topological polar surface area (TPSA) is 48.5 Å². The Balaban J connectivity index is 1.62. The van der Waals surface area contributed by atoms with Crippen LogP contribution in [0.4, 0.5) is 20.7 Å². The first-order valence-electron chi connectivity index (χ1n) is 9.29. The number of carbonyl (C=O) groups is 1. The second-order valence-corrected chi connectivity index (χ2v) is 8.05. The van der Waals surface area contributed by atoms with Crippen molar-refractivity contribution in [3.8, 4) is 0 Å². The average Bonchev–Trinajstić information content (AvgIpc) is 2.61. The number of halogens is 1. The van der Waals surface area contributed by atoms with Crippen molar-refractivity contribution in [2.45, 2.75) is 39.2 Å². The minimum Gasteiger partial charge on any atom is -0.350 e. The third-order valence-electron chi connectivity index (χ3n) is 4.93. The highest BCUT2D eigenvalue weighted by Crippen LogP contribution is 2.24. The molecule has 27 heavy (non-hydrogen) atoms. The standard InChI is InChI=1S/C21H27FN4O/c1-15-14-25(19-18(22)6-5-11-23-19)12-13-26(15)20(27)24-17-9-7-16(8-10-17)21(2,3)4/h5-11,15H,12-14H2,1-4H3,(H,24,27)/t15-/m1/s1. The van der Waals surface area contributed by atoms with Gasteiger partial charge in [-0.2, -0.15) is 0 Å². The molecule has 0 aliphatic carbocycles. The number of urea groups is 1. The van der Waals surface area contributed by atoms with E-state index in [4.69, 9.17) is 0 Å². The molecule has 1 aliphatic heterocycles. The molecule has 0 saturated carbocycles. The van der Waals surface area contributed by atoms with Gasteiger partial charge in [0.1, 0.15) is 0 Å². The zero-order valence-corrected chi connectivity index (χ0v) is 16.4. The number of piperazine rings is 1. The van der Waals surface area contributed by atoms with E-state index in [1.807, 2.05) is 36.1 Å². The summed E-state index contributed by atoms with van der Waals surface area (Å²) in [6.45, 7) is 10.1. The van der Waals surface area contributed by atoms with Crippen LogP contribution in [0.3, 0.4) is 0 Å². The number of pyridine rings is 1. The van der Waals surface area contributed by atoms with Gasteiger partial charge in [-0.05, 0) is 42.2 Å².